The van der Waals surface area contributed by atoms with Gasteiger partial charge in [-0.1, -0.05) is 36.2 Å². The van der Waals surface area contributed by atoms with Gasteiger partial charge in [0.15, 0.2) is 17.3 Å². The number of ketones is 1. The molecule has 2 aromatic carbocycles. The largest absolute Gasteiger partial charge is 0.493 e. The average Bonchev–Trinajstić information content (AvgIpc) is 2.92. The molecule has 0 radical (unpaired) electrons. The summed E-state index contributed by atoms with van der Waals surface area (Å²) in [5.74, 6) is 0.270. The normalized spacial score (nSPS) is 22.1. The Hall–Kier alpha value is -3.25. The van der Waals surface area contributed by atoms with E-state index in [9.17, 15) is 9.59 Å². The van der Waals surface area contributed by atoms with Gasteiger partial charge in [-0.2, -0.15) is 0 Å². The Kier molecular flexibility index (Phi) is 7.80. The van der Waals surface area contributed by atoms with Crippen molar-refractivity contribution in [2.75, 3.05) is 14.2 Å². The van der Waals surface area contributed by atoms with Gasteiger partial charge in [-0.25, -0.2) is 4.79 Å². The number of allylic oxidation sites excluding steroid dienone is 3. The van der Waals surface area contributed by atoms with E-state index < -0.39 is 5.92 Å². The van der Waals surface area contributed by atoms with E-state index in [1.807, 2.05) is 49.4 Å². The van der Waals surface area contributed by atoms with Gasteiger partial charge in [0.05, 0.1) is 19.8 Å². The fourth-order valence-electron chi connectivity index (χ4n) is 6.04. The summed E-state index contributed by atoms with van der Waals surface area (Å²) in [6.45, 7) is 1.89. The summed E-state index contributed by atoms with van der Waals surface area (Å²) in [4.78, 5) is 27.6. The zero-order valence-corrected chi connectivity index (χ0v) is 22.9. The number of dihydropyridines is 1. The number of esters is 1. The minimum atomic E-state index is -0.555. The molecule has 0 unspecified atom stereocenters. The first-order chi connectivity index (χ1) is 18.4. The first-order valence-corrected chi connectivity index (χ1v) is 13.7. The highest BCUT2D eigenvalue weighted by atomic mass is 35.5. The minimum absolute atomic E-state index is 0.0222. The van der Waals surface area contributed by atoms with Gasteiger partial charge < -0.3 is 19.5 Å². The van der Waals surface area contributed by atoms with Crippen molar-refractivity contribution < 1.29 is 23.8 Å². The number of nitrogens with one attached hydrogen (secondary N) is 1. The van der Waals surface area contributed by atoms with Crippen molar-refractivity contribution >= 4 is 23.4 Å². The number of methoxy groups -OCH3 is 2. The standard InChI is InChI=1S/C31H34ClNO5/c1-18-28(31(35)38-23-7-5-4-6-8-23)29(20-11-14-26(36-2)27(17-20)37-3)30-24(33-18)15-21(16-25(30)34)19-9-12-22(32)13-10-19/h9-14,17,21,23,29,33H,4-8,15-16H2,1-3H3/t21-,29-/m1/s1. The van der Waals surface area contributed by atoms with Crippen LogP contribution in [0.25, 0.3) is 0 Å². The average molecular weight is 536 g/mol. The predicted molar refractivity (Wildman–Crippen MR) is 147 cm³/mol. The number of halogens is 1. The summed E-state index contributed by atoms with van der Waals surface area (Å²) in [6.07, 6.45) is 5.98. The Morgan fingerprint density at radius 2 is 1.61 bits per heavy atom. The van der Waals surface area contributed by atoms with Crippen LogP contribution in [0.4, 0.5) is 0 Å². The molecule has 2 atom stereocenters. The van der Waals surface area contributed by atoms with Crippen LogP contribution < -0.4 is 14.8 Å². The van der Waals surface area contributed by atoms with Gasteiger partial charge in [-0.15, -0.1) is 0 Å². The number of hydrogen-bond acceptors (Lipinski definition) is 6. The number of carbonyl (C=O) groups is 2. The maximum Gasteiger partial charge on any atom is 0.337 e. The summed E-state index contributed by atoms with van der Waals surface area (Å²) >= 11 is 6.10. The summed E-state index contributed by atoms with van der Waals surface area (Å²) in [5, 5.41) is 4.10. The fraction of sp³-hybridized carbons (Fsp3) is 0.419. The van der Waals surface area contributed by atoms with Crippen LogP contribution in [-0.2, 0) is 14.3 Å². The molecule has 3 aliphatic rings. The molecule has 5 rings (SSSR count). The highest BCUT2D eigenvalue weighted by Gasteiger charge is 2.42. The van der Waals surface area contributed by atoms with Crippen molar-refractivity contribution in [3.63, 3.8) is 0 Å². The molecule has 0 bridgehead atoms. The molecule has 1 fully saturated rings. The van der Waals surface area contributed by atoms with E-state index in [2.05, 4.69) is 5.32 Å². The Morgan fingerprint density at radius 1 is 0.921 bits per heavy atom. The highest BCUT2D eigenvalue weighted by molar-refractivity contribution is 6.30. The third-order valence-corrected chi connectivity index (χ3v) is 8.21. The molecule has 0 amide bonds. The summed E-state index contributed by atoms with van der Waals surface area (Å²) in [7, 11) is 3.16. The second-order valence-electron chi connectivity index (χ2n) is 10.3. The SMILES string of the molecule is COc1ccc([C@@H]2C(C(=O)OC3CCCCC3)=C(C)NC3=C2C(=O)C[C@H](c2ccc(Cl)cc2)C3)cc1OC. The van der Waals surface area contributed by atoms with Crippen LogP contribution in [0.1, 0.15) is 74.8 Å². The van der Waals surface area contributed by atoms with Crippen molar-refractivity contribution in [2.24, 2.45) is 0 Å². The maximum absolute atomic E-state index is 13.9. The summed E-state index contributed by atoms with van der Waals surface area (Å²) in [6, 6.07) is 13.3. The van der Waals surface area contributed by atoms with E-state index in [0.717, 1.165) is 42.5 Å². The lowest BCUT2D eigenvalue weighted by Crippen LogP contribution is -2.37. The third kappa shape index (κ3) is 5.19. The Balaban J connectivity index is 1.56. The molecule has 200 valence electrons. The second-order valence-corrected chi connectivity index (χ2v) is 10.8. The van der Waals surface area contributed by atoms with Crippen LogP contribution in [0.3, 0.4) is 0 Å². The topological polar surface area (TPSA) is 73.9 Å². The van der Waals surface area contributed by atoms with Gasteiger partial charge in [-0.3, -0.25) is 4.79 Å². The molecule has 0 saturated heterocycles. The van der Waals surface area contributed by atoms with Crippen molar-refractivity contribution in [3.05, 3.63) is 81.2 Å². The van der Waals surface area contributed by atoms with Crippen LogP contribution in [0.15, 0.2) is 65.0 Å². The number of benzene rings is 2. The Morgan fingerprint density at radius 3 is 2.29 bits per heavy atom. The minimum Gasteiger partial charge on any atom is -0.493 e. The van der Waals surface area contributed by atoms with E-state index in [4.69, 9.17) is 25.8 Å². The van der Waals surface area contributed by atoms with Gasteiger partial charge in [0, 0.05) is 34.3 Å². The zero-order chi connectivity index (χ0) is 26.8. The van der Waals surface area contributed by atoms with Gasteiger partial charge in [0.2, 0.25) is 0 Å². The van der Waals surface area contributed by atoms with Crippen molar-refractivity contribution in [3.8, 4) is 11.5 Å². The lowest BCUT2D eigenvalue weighted by Gasteiger charge is -2.37. The monoisotopic (exact) mass is 535 g/mol. The first-order valence-electron chi connectivity index (χ1n) is 13.3. The molecule has 0 aromatic heterocycles. The van der Waals surface area contributed by atoms with Gasteiger partial charge in [-0.05, 0) is 80.3 Å². The number of carbonyl (C=O) groups excluding carboxylic acids is 2. The quantitative estimate of drug-likeness (QED) is 0.420. The number of ether oxygens (including phenoxy) is 3. The molecular formula is C31H34ClNO5. The Labute approximate surface area is 229 Å². The first kappa shape index (κ1) is 26.4. The zero-order valence-electron chi connectivity index (χ0n) is 22.1. The van der Waals surface area contributed by atoms with Gasteiger partial charge in [0.1, 0.15) is 6.10 Å². The third-order valence-electron chi connectivity index (χ3n) is 7.96. The molecule has 1 N–H and O–H groups in total. The molecule has 0 spiro atoms. The smallest absolute Gasteiger partial charge is 0.337 e. The summed E-state index contributed by atoms with van der Waals surface area (Å²) in [5.41, 5.74) is 4.55. The van der Waals surface area contributed by atoms with E-state index in [-0.39, 0.29) is 23.8 Å². The van der Waals surface area contributed by atoms with Crippen LogP contribution in [-0.4, -0.2) is 32.1 Å². The van der Waals surface area contributed by atoms with Crippen LogP contribution >= 0.6 is 11.6 Å². The Bertz CT molecular complexity index is 1290. The van der Waals surface area contributed by atoms with Crippen LogP contribution in [0.2, 0.25) is 5.02 Å². The van der Waals surface area contributed by atoms with Crippen LogP contribution in [0.5, 0.6) is 11.5 Å². The molecule has 1 saturated carbocycles. The lowest BCUT2D eigenvalue weighted by molar-refractivity contribution is -0.146. The molecule has 2 aromatic rings. The molecule has 6 nitrogen and oxygen atoms in total. The molecule has 1 aliphatic heterocycles. The van der Waals surface area contributed by atoms with Gasteiger partial charge in [0.25, 0.3) is 0 Å². The highest BCUT2D eigenvalue weighted by Crippen LogP contribution is 2.47. The van der Waals surface area contributed by atoms with Crippen LogP contribution in [0, 0.1) is 0 Å². The van der Waals surface area contributed by atoms with Crippen molar-refractivity contribution in [1.29, 1.82) is 0 Å². The van der Waals surface area contributed by atoms with E-state index in [0.29, 0.717) is 46.2 Å². The summed E-state index contributed by atoms with van der Waals surface area (Å²) < 4.78 is 17.1. The van der Waals surface area contributed by atoms with Crippen molar-refractivity contribution in [1.82, 2.24) is 5.32 Å². The molecule has 1 heterocycles. The predicted octanol–water partition coefficient (Wildman–Crippen LogP) is 6.59. The molecule has 7 heteroatoms. The number of hydrogen-bond donors (Lipinski definition) is 1. The fourth-order valence-corrected chi connectivity index (χ4v) is 6.17. The van der Waals surface area contributed by atoms with Crippen molar-refractivity contribution in [2.45, 2.75) is 69.8 Å². The molecule has 38 heavy (non-hydrogen) atoms. The maximum atomic E-state index is 13.9. The second kappa shape index (κ2) is 11.2. The number of rotatable bonds is 6. The van der Waals surface area contributed by atoms with Gasteiger partial charge >= 0.3 is 5.97 Å². The van der Waals surface area contributed by atoms with E-state index in [1.165, 1.54) is 6.42 Å². The lowest BCUT2D eigenvalue weighted by atomic mass is 9.71. The molecular weight excluding hydrogens is 502 g/mol. The van der Waals surface area contributed by atoms with E-state index >= 15 is 0 Å². The molecule has 2 aliphatic carbocycles. The number of Topliss-reactive ketones (excluding diaryl/α,β-unsaturated/α-hetero) is 1. The van der Waals surface area contributed by atoms with E-state index in [1.54, 1.807) is 14.2 Å².